The first-order valence-corrected chi connectivity index (χ1v) is 7.21. The van der Waals surface area contributed by atoms with E-state index in [1.807, 2.05) is 30.3 Å². The Balaban J connectivity index is 2.00. The molecule has 2 atom stereocenters. The molecule has 0 bridgehead atoms. The van der Waals surface area contributed by atoms with Crippen molar-refractivity contribution in [3.63, 3.8) is 0 Å². The Hall–Kier alpha value is -2.37. The molecule has 1 aliphatic heterocycles. The number of carbonyl (C=O) groups is 3. The molecule has 1 fully saturated rings. The Labute approximate surface area is 129 Å². The van der Waals surface area contributed by atoms with Gasteiger partial charge in [-0.15, -0.1) is 0 Å². The van der Waals surface area contributed by atoms with Gasteiger partial charge in [0.2, 0.25) is 11.8 Å². The van der Waals surface area contributed by atoms with Crippen LogP contribution in [0.15, 0.2) is 30.3 Å². The van der Waals surface area contributed by atoms with Crippen LogP contribution in [0.25, 0.3) is 0 Å². The zero-order valence-electron chi connectivity index (χ0n) is 12.7. The summed E-state index contributed by atoms with van der Waals surface area (Å²) < 4.78 is 0. The van der Waals surface area contributed by atoms with Crippen LogP contribution in [-0.2, 0) is 20.9 Å². The number of likely N-dealkylation sites (tertiary alicyclic amines) is 1. The van der Waals surface area contributed by atoms with E-state index in [1.165, 1.54) is 18.9 Å². The SMILES string of the molecule is CC(C(=O)O)N(C)C(=O)C1CC(=O)N(Cc2ccccc2)C1. The zero-order valence-corrected chi connectivity index (χ0v) is 12.7. The summed E-state index contributed by atoms with van der Waals surface area (Å²) in [5.41, 5.74) is 1.01. The number of hydrogen-bond acceptors (Lipinski definition) is 3. The summed E-state index contributed by atoms with van der Waals surface area (Å²) in [6, 6.07) is 8.68. The second-order valence-corrected chi connectivity index (χ2v) is 5.62. The van der Waals surface area contributed by atoms with Crippen molar-refractivity contribution in [3.05, 3.63) is 35.9 Å². The molecule has 2 unspecified atom stereocenters. The molecule has 1 aromatic rings. The highest BCUT2D eigenvalue weighted by molar-refractivity contribution is 5.91. The molecule has 0 spiro atoms. The lowest BCUT2D eigenvalue weighted by atomic mass is 10.1. The van der Waals surface area contributed by atoms with Crippen molar-refractivity contribution in [1.29, 1.82) is 0 Å². The summed E-state index contributed by atoms with van der Waals surface area (Å²) in [4.78, 5) is 38.2. The molecule has 118 valence electrons. The summed E-state index contributed by atoms with van der Waals surface area (Å²) >= 11 is 0. The minimum absolute atomic E-state index is 0.0708. The van der Waals surface area contributed by atoms with Gasteiger partial charge in [-0.2, -0.15) is 0 Å². The van der Waals surface area contributed by atoms with Gasteiger partial charge in [0.1, 0.15) is 6.04 Å². The van der Waals surface area contributed by atoms with Crippen molar-refractivity contribution < 1.29 is 19.5 Å². The van der Waals surface area contributed by atoms with Crippen LogP contribution in [0.3, 0.4) is 0 Å². The Morgan fingerprint density at radius 3 is 2.59 bits per heavy atom. The smallest absolute Gasteiger partial charge is 0.326 e. The highest BCUT2D eigenvalue weighted by Gasteiger charge is 2.37. The van der Waals surface area contributed by atoms with Crippen LogP contribution in [0.2, 0.25) is 0 Å². The number of amides is 2. The lowest BCUT2D eigenvalue weighted by Crippen LogP contribution is -2.43. The van der Waals surface area contributed by atoms with Gasteiger partial charge in [-0.25, -0.2) is 4.79 Å². The molecular weight excluding hydrogens is 284 g/mol. The van der Waals surface area contributed by atoms with E-state index in [0.29, 0.717) is 13.1 Å². The van der Waals surface area contributed by atoms with Crippen LogP contribution in [0.1, 0.15) is 18.9 Å². The summed E-state index contributed by atoms with van der Waals surface area (Å²) in [6.45, 7) is 2.27. The van der Waals surface area contributed by atoms with Gasteiger partial charge in [-0.05, 0) is 12.5 Å². The molecule has 0 aromatic heterocycles. The molecule has 1 aromatic carbocycles. The minimum atomic E-state index is -1.05. The third-order valence-corrected chi connectivity index (χ3v) is 4.07. The van der Waals surface area contributed by atoms with E-state index in [-0.39, 0.29) is 18.2 Å². The monoisotopic (exact) mass is 304 g/mol. The summed E-state index contributed by atoms with van der Waals surface area (Å²) in [5.74, 6) is -1.89. The standard InChI is InChI=1S/C16H20N2O4/c1-11(16(21)22)17(2)15(20)13-8-14(19)18(10-13)9-12-6-4-3-5-7-12/h3-7,11,13H,8-10H2,1-2H3,(H,21,22). The third kappa shape index (κ3) is 3.44. The molecular formula is C16H20N2O4. The number of rotatable bonds is 5. The van der Waals surface area contributed by atoms with Gasteiger partial charge in [0.05, 0.1) is 5.92 Å². The fourth-order valence-electron chi connectivity index (χ4n) is 2.54. The number of nitrogens with zero attached hydrogens (tertiary/aromatic N) is 2. The molecule has 6 nitrogen and oxygen atoms in total. The summed E-state index contributed by atoms with van der Waals surface area (Å²) in [6.07, 6.45) is 0.141. The van der Waals surface area contributed by atoms with Crippen molar-refractivity contribution >= 4 is 17.8 Å². The maximum Gasteiger partial charge on any atom is 0.326 e. The minimum Gasteiger partial charge on any atom is -0.480 e. The van der Waals surface area contributed by atoms with Crippen molar-refractivity contribution in [1.82, 2.24) is 9.80 Å². The van der Waals surface area contributed by atoms with Gasteiger partial charge in [0.15, 0.2) is 0 Å². The molecule has 2 rings (SSSR count). The predicted octanol–water partition coefficient (Wildman–Crippen LogP) is 0.967. The van der Waals surface area contributed by atoms with E-state index in [2.05, 4.69) is 0 Å². The molecule has 1 saturated heterocycles. The van der Waals surface area contributed by atoms with Crippen LogP contribution in [0.5, 0.6) is 0 Å². The zero-order chi connectivity index (χ0) is 16.3. The van der Waals surface area contributed by atoms with Crippen molar-refractivity contribution in [3.8, 4) is 0 Å². The number of carboxylic acid groups (broad SMARTS) is 1. The maximum absolute atomic E-state index is 12.3. The second-order valence-electron chi connectivity index (χ2n) is 5.62. The van der Waals surface area contributed by atoms with Crippen LogP contribution in [0, 0.1) is 5.92 Å². The van der Waals surface area contributed by atoms with Gasteiger partial charge in [0.25, 0.3) is 0 Å². The number of aliphatic carboxylic acids is 1. The molecule has 2 amide bonds. The van der Waals surface area contributed by atoms with Gasteiger partial charge in [-0.3, -0.25) is 9.59 Å². The van der Waals surface area contributed by atoms with Gasteiger partial charge < -0.3 is 14.9 Å². The van der Waals surface area contributed by atoms with Crippen molar-refractivity contribution in [2.45, 2.75) is 25.9 Å². The molecule has 0 saturated carbocycles. The lowest BCUT2D eigenvalue weighted by Gasteiger charge is -2.24. The highest BCUT2D eigenvalue weighted by atomic mass is 16.4. The lowest BCUT2D eigenvalue weighted by molar-refractivity contribution is -0.149. The van der Waals surface area contributed by atoms with Crippen molar-refractivity contribution in [2.24, 2.45) is 5.92 Å². The Bertz CT molecular complexity index is 573. The summed E-state index contributed by atoms with van der Waals surface area (Å²) in [5, 5.41) is 8.97. The average molecular weight is 304 g/mol. The largest absolute Gasteiger partial charge is 0.480 e. The first-order valence-electron chi connectivity index (χ1n) is 7.21. The van der Waals surface area contributed by atoms with E-state index in [4.69, 9.17) is 5.11 Å². The first-order chi connectivity index (χ1) is 10.4. The van der Waals surface area contributed by atoms with Gasteiger partial charge >= 0.3 is 5.97 Å². The second kappa shape index (κ2) is 6.60. The van der Waals surface area contributed by atoms with Gasteiger partial charge in [-0.1, -0.05) is 30.3 Å². The normalized spacial score (nSPS) is 19.1. The van der Waals surface area contributed by atoms with Crippen LogP contribution in [0.4, 0.5) is 0 Å². The molecule has 0 aliphatic carbocycles. The predicted molar refractivity (Wildman–Crippen MR) is 79.8 cm³/mol. The third-order valence-electron chi connectivity index (χ3n) is 4.07. The number of benzene rings is 1. The Kier molecular flexibility index (Phi) is 4.80. The number of hydrogen-bond donors (Lipinski definition) is 1. The van der Waals surface area contributed by atoms with Gasteiger partial charge in [0, 0.05) is 26.6 Å². The average Bonchev–Trinajstić information content (AvgIpc) is 2.87. The van der Waals surface area contributed by atoms with Crippen molar-refractivity contribution in [2.75, 3.05) is 13.6 Å². The quantitative estimate of drug-likeness (QED) is 0.879. The molecule has 6 heteroatoms. The first kappa shape index (κ1) is 16.0. The molecule has 0 radical (unpaired) electrons. The van der Waals surface area contributed by atoms with E-state index in [1.54, 1.807) is 4.90 Å². The maximum atomic E-state index is 12.3. The Morgan fingerprint density at radius 2 is 2.00 bits per heavy atom. The van der Waals surface area contributed by atoms with Crippen LogP contribution < -0.4 is 0 Å². The van der Waals surface area contributed by atoms with E-state index in [9.17, 15) is 14.4 Å². The fourth-order valence-corrected chi connectivity index (χ4v) is 2.54. The van der Waals surface area contributed by atoms with Crippen LogP contribution in [-0.4, -0.2) is 52.3 Å². The van der Waals surface area contributed by atoms with E-state index in [0.717, 1.165) is 5.56 Å². The van der Waals surface area contributed by atoms with E-state index < -0.39 is 17.9 Å². The fraction of sp³-hybridized carbons (Fsp3) is 0.438. The van der Waals surface area contributed by atoms with E-state index >= 15 is 0 Å². The number of likely N-dealkylation sites (N-methyl/N-ethyl adjacent to an activating group) is 1. The number of carboxylic acids is 1. The Morgan fingerprint density at radius 1 is 1.36 bits per heavy atom. The molecule has 1 heterocycles. The topological polar surface area (TPSA) is 77.9 Å². The molecule has 22 heavy (non-hydrogen) atoms. The molecule has 1 N–H and O–H groups in total. The van der Waals surface area contributed by atoms with Crippen LogP contribution >= 0.6 is 0 Å². The highest BCUT2D eigenvalue weighted by Crippen LogP contribution is 2.22. The molecule has 1 aliphatic rings. The number of carbonyl (C=O) groups excluding carboxylic acids is 2. The summed E-state index contributed by atoms with van der Waals surface area (Å²) in [7, 11) is 1.46.